The third-order valence-electron chi connectivity index (χ3n) is 1.93. The molecular weight excluding hydrogens is 301 g/mol. The Morgan fingerprint density at radius 1 is 1.28 bits per heavy atom. The summed E-state index contributed by atoms with van der Waals surface area (Å²) in [6.07, 6.45) is -5.75. The van der Waals surface area contributed by atoms with Gasteiger partial charge in [0.15, 0.2) is 0 Å². The van der Waals surface area contributed by atoms with Crippen molar-refractivity contribution in [2.75, 3.05) is 6.54 Å². The summed E-state index contributed by atoms with van der Waals surface area (Å²) in [5, 5.41) is 1.54. The summed E-state index contributed by atoms with van der Waals surface area (Å²) in [6.45, 7) is -0.318. The molecule has 9 heteroatoms. The van der Waals surface area contributed by atoms with Crippen molar-refractivity contribution in [1.29, 1.82) is 0 Å². The van der Waals surface area contributed by atoms with Crippen molar-refractivity contribution in [3.05, 3.63) is 21.3 Å². The number of hydrogen-bond acceptors (Lipinski definition) is 2. The van der Waals surface area contributed by atoms with E-state index in [0.717, 1.165) is 11.3 Å². The van der Waals surface area contributed by atoms with Gasteiger partial charge < -0.3 is 5.32 Å². The van der Waals surface area contributed by atoms with Gasteiger partial charge in [-0.1, -0.05) is 11.6 Å². The van der Waals surface area contributed by atoms with Crippen molar-refractivity contribution in [1.82, 2.24) is 5.32 Å². The fourth-order valence-electron chi connectivity index (χ4n) is 1.03. The second-order valence-corrected chi connectivity index (χ2v) is 5.08. The van der Waals surface area contributed by atoms with Gasteiger partial charge in [-0.25, -0.2) is 0 Å². The molecule has 0 saturated carbocycles. The Morgan fingerprint density at radius 3 is 2.33 bits per heavy atom. The molecule has 0 aliphatic heterocycles. The van der Waals surface area contributed by atoms with E-state index in [-0.39, 0.29) is 13.0 Å². The number of nitrogens with one attached hydrogen (secondary N) is 1. The van der Waals surface area contributed by atoms with Crippen LogP contribution in [-0.4, -0.2) is 24.6 Å². The van der Waals surface area contributed by atoms with Crippen LogP contribution in [0.25, 0.3) is 0 Å². The monoisotopic (exact) mass is 307 g/mol. The van der Waals surface area contributed by atoms with Gasteiger partial charge in [0.2, 0.25) is 0 Å². The predicted octanol–water partition coefficient (Wildman–Crippen LogP) is 3.26. The van der Waals surface area contributed by atoms with E-state index in [4.69, 9.17) is 11.6 Å². The number of hydrogen-bond donors (Lipinski definition) is 1. The topological polar surface area (TPSA) is 29.1 Å². The number of rotatable bonds is 4. The van der Waals surface area contributed by atoms with E-state index in [1.165, 1.54) is 0 Å². The smallest absolute Gasteiger partial charge is 0.350 e. The lowest BCUT2D eigenvalue weighted by atomic mass is 10.3. The van der Waals surface area contributed by atoms with Crippen molar-refractivity contribution < 1.29 is 26.7 Å². The van der Waals surface area contributed by atoms with Crippen molar-refractivity contribution >= 4 is 28.8 Å². The molecule has 0 atom stereocenters. The molecule has 0 aliphatic carbocycles. The minimum absolute atomic E-state index is 0.136. The molecule has 2 nitrogen and oxygen atoms in total. The fraction of sp³-hybridized carbons (Fsp3) is 0.444. The molecule has 0 unspecified atom stereocenters. The van der Waals surface area contributed by atoms with Crippen LogP contribution in [0.4, 0.5) is 22.0 Å². The molecule has 0 saturated heterocycles. The molecule has 1 aromatic rings. The SMILES string of the molecule is O=C(NCCc1ccc(Cl)s1)C(F)(F)C(F)(F)F. The Bertz CT molecular complexity index is 431. The van der Waals surface area contributed by atoms with Crippen LogP contribution in [0.2, 0.25) is 4.34 Å². The Kier molecular flexibility index (Phi) is 4.55. The largest absolute Gasteiger partial charge is 0.463 e. The third kappa shape index (κ3) is 3.55. The third-order valence-corrected chi connectivity index (χ3v) is 3.22. The van der Waals surface area contributed by atoms with Crippen LogP contribution in [-0.2, 0) is 11.2 Å². The summed E-state index contributed by atoms with van der Waals surface area (Å²) >= 11 is 6.75. The first-order valence-corrected chi connectivity index (χ1v) is 5.81. The van der Waals surface area contributed by atoms with E-state index < -0.39 is 18.0 Å². The Morgan fingerprint density at radius 2 is 1.89 bits per heavy atom. The van der Waals surface area contributed by atoms with E-state index in [1.807, 2.05) is 0 Å². The number of alkyl halides is 5. The fourth-order valence-corrected chi connectivity index (χ4v) is 2.11. The first kappa shape index (κ1) is 15.2. The van der Waals surface area contributed by atoms with Crippen molar-refractivity contribution in [3.63, 3.8) is 0 Å². The maximum Gasteiger partial charge on any atom is 0.463 e. The molecular formula is C9H7ClF5NOS. The molecule has 0 aromatic carbocycles. The van der Waals surface area contributed by atoms with Gasteiger partial charge in [0.05, 0.1) is 4.34 Å². The van der Waals surface area contributed by atoms with Crippen molar-refractivity contribution in [2.24, 2.45) is 0 Å². The van der Waals surface area contributed by atoms with Gasteiger partial charge in [-0.15, -0.1) is 11.3 Å². The van der Waals surface area contributed by atoms with Crippen LogP contribution in [0.3, 0.4) is 0 Å². The van der Waals surface area contributed by atoms with Gasteiger partial charge in [0, 0.05) is 11.4 Å². The second-order valence-electron chi connectivity index (χ2n) is 3.28. The lowest BCUT2D eigenvalue weighted by Gasteiger charge is -2.18. The Balaban J connectivity index is 2.47. The van der Waals surface area contributed by atoms with Crippen molar-refractivity contribution in [2.45, 2.75) is 18.5 Å². The summed E-state index contributed by atoms with van der Waals surface area (Å²) in [5.41, 5.74) is 0. The Labute approximate surface area is 108 Å². The molecule has 0 fully saturated rings. The summed E-state index contributed by atoms with van der Waals surface area (Å²) in [4.78, 5) is 11.4. The average Bonchev–Trinajstić information content (AvgIpc) is 2.62. The first-order valence-electron chi connectivity index (χ1n) is 4.61. The van der Waals surface area contributed by atoms with Crippen LogP contribution in [0.15, 0.2) is 12.1 Å². The van der Waals surface area contributed by atoms with Crippen LogP contribution in [0, 0.1) is 0 Å². The highest BCUT2D eigenvalue weighted by Gasteiger charge is 2.63. The summed E-state index contributed by atoms with van der Waals surface area (Å²) in [7, 11) is 0. The van der Waals surface area contributed by atoms with Gasteiger partial charge in [0.25, 0.3) is 5.91 Å². The van der Waals surface area contributed by atoms with Crippen LogP contribution < -0.4 is 5.32 Å². The summed E-state index contributed by atoms with van der Waals surface area (Å²) < 4.78 is 60.9. The van der Waals surface area contributed by atoms with Gasteiger partial charge in [-0.3, -0.25) is 4.79 Å². The van der Waals surface area contributed by atoms with Gasteiger partial charge >= 0.3 is 12.1 Å². The minimum atomic E-state index is -5.89. The van der Waals surface area contributed by atoms with Gasteiger partial charge in [0.1, 0.15) is 0 Å². The summed E-state index contributed by atoms with van der Waals surface area (Å²) in [5.74, 6) is -7.72. The molecule has 0 radical (unpaired) electrons. The number of carbonyl (C=O) groups is 1. The van der Waals surface area contributed by atoms with Crippen molar-refractivity contribution in [3.8, 4) is 0 Å². The standard InChI is InChI=1S/C9H7ClF5NOS/c10-6-2-1-5(18-6)3-4-16-7(17)8(11,12)9(13,14)15/h1-2H,3-4H2,(H,16,17). The molecule has 1 aromatic heterocycles. The van der Waals surface area contributed by atoms with E-state index in [9.17, 15) is 26.7 Å². The van der Waals surface area contributed by atoms with Crippen LogP contribution in [0.1, 0.15) is 4.88 Å². The summed E-state index contributed by atoms with van der Waals surface area (Å²) in [6, 6.07) is 3.16. The molecule has 1 amide bonds. The zero-order valence-corrected chi connectivity index (χ0v) is 10.2. The highest BCUT2D eigenvalue weighted by Crippen LogP contribution is 2.35. The molecule has 18 heavy (non-hydrogen) atoms. The molecule has 1 rings (SSSR count). The second kappa shape index (κ2) is 5.40. The zero-order chi connectivity index (χ0) is 14.0. The van der Waals surface area contributed by atoms with E-state index in [2.05, 4.69) is 0 Å². The minimum Gasteiger partial charge on any atom is -0.350 e. The number of thiophene rings is 1. The maximum atomic E-state index is 12.5. The first-order chi connectivity index (χ1) is 8.14. The van der Waals surface area contributed by atoms with Crippen LogP contribution in [0.5, 0.6) is 0 Å². The zero-order valence-electron chi connectivity index (χ0n) is 8.65. The number of halogens is 6. The molecule has 102 valence electrons. The molecule has 0 bridgehead atoms. The Hall–Kier alpha value is -0.890. The average molecular weight is 308 g/mol. The lowest BCUT2D eigenvalue weighted by Crippen LogP contribution is -2.50. The number of carbonyl (C=O) groups excluding carboxylic acids is 1. The lowest BCUT2D eigenvalue weighted by molar-refractivity contribution is -0.269. The van der Waals surface area contributed by atoms with E-state index >= 15 is 0 Å². The highest BCUT2D eigenvalue weighted by atomic mass is 35.5. The maximum absolute atomic E-state index is 12.5. The van der Waals surface area contributed by atoms with Crippen LogP contribution >= 0.6 is 22.9 Å². The molecule has 1 N–H and O–H groups in total. The van der Waals surface area contributed by atoms with Gasteiger partial charge in [-0.2, -0.15) is 22.0 Å². The normalized spacial score (nSPS) is 12.6. The predicted molar refractivity (Wildman–Crippen MR) is 57.0 cm³/mol. The van der Waals surface area contributed by atoms with E-state index in [0.29, 0.717) is 9.21 Å². The quantitative estimate of drug-likeness (QED) is 0.850. The molecule has 1 heterocycles. The highest BCUT2D eigenvalue weighted by molar-refractivity contribution is 7.16. The molecule has 0 spiro atoms. The molecule has 0 aliphatic rings. The van der Waals surface area contributed by atoms with Gasteiger partial charge in [-0.05, 0) is 18.6 Å². The van der Waals surface area contributed by atoms with E-state index in [1.54, 1.807) is 17.4 Å². The number of amides is 1.